The first kappa shape index (κ1) is 17.9. The maximum absolute atomic E-state index is 12.5. The van der Waals surface area contributed by atoms with Gasteiger partial charge in [0.2, 0.25) is 11.9 Å². The summed E-state index contributed by atoms with van der Waals surface area (Å²) < 4.78 is 10.7. The lowest BCUT2D eigenvalue weighted by molar-refractivity contribution is -0.113. The number of amides is 1. The van der Waals surface area contributed by atoms with Crippen LogP contribution in [0.4, 0.5) is 11.6 Å². The van der Waals surface area contributed by atoms with Crippen LogP contribution in [-0.2, 0) is 4.79 Å². The van der Waals surface area contributed by atoms with Crippen LogP contribution in [0, 0.1) is 0 Å². The molecule has 2 fully saturated rings. The third-order valence-corrected chi connectivity index (χ3v) is 6.58. The topological polar surface area (TPSA) is 88.8 Å². The van der Waals surface area contributed by atoms with E-state index in [1.807, 2.05) is 18.2 Å². The number of nitrogens with one attached hydrogen (secondary N) is 1. The Bertz CT molecular complexity index is 991. The zero-order valence-electron chi connectivity index (χ0n) is 15.4. The first-order valence-corrected chi connectivity index (χ1v) is 11.3. The molecule has 0 radical (unpaired) electrons. The summed E-state index contributed by atoms with van der Waals surface area (Å²) in [7, 11) is 0. The molecule has 1 N–H and O–H groups in total. The molecule has 1 aliphatic carbocycles. The van der Waals surface area contributed by atoms with E-state index in [9.17, 15) is 4.79 Å². The molecule has 1 aliphatic heterocycles. The van der Waals surface area contributed by atoms with Crippen molar-refractivity contribution in [1.82, 2.24) is 23.5 Å². The molecule has 1 aromatic carbocycles. The maximum atomic E-state index is 12.5. The van der Waals surface area contributed by atoms with Crippen molar-refractivity contribution in [2.75, 3.05) is 29.1 Å². The van der Waals surface area contributed by atoms with Gasteiger partial charge in [-0.25, -0.2) is 0 Å². The normalized spacial score (nSPS) is 17.2. The van der Waals surface area contributed by atoms with Gasteiger partial charge in [-0.1, -0.05) is 17.8 Å². The summed E-state index contributed by atoms with van der Waals surface area (Å²) in [6.07, 6.45) is 6.03. The number of thioether (sulfide) groups is 1. The van der Waals surface area contributed by atoms with E-state index in [1.54, 1.807) is 0 Å². The number of hydrogen-bond acceptors (Lipinski definition) is 8. The lowest BCUT2D eigenvalue weighted by Crippen LogP contribution is -2.32. The summed E-state index contributed by atoms with van der Waals surface area (Å²) in [4.78, 5) is 14.9. The van der Waals surface area contributed by atoms with E-state index in [-0.39, 0.29) is 5.91 Å². The number of nitrogens with zero attached hydrogens (tertiary/aromatic N) is 6. The number of piperidine rings is 1. The fraction of sp³-hybridized carbons (Fsp3) is 0.500. The second-order valence-electron chi connectivity index (χ2n) is 7.21. The summed E-state index contributed by atoms with van der Waals surface area (Å²) in [5.41, 5.74) is 2.24. The predicted molar refractivity (Wildman–Crippen MR) is 111 cm³/mol. The van der Waals surface area contributed by atoms with Gasteiger partial charge in [-0.05, 0) is 44.2 Å². The van der Waals surface area contributed by atoms with Crippen LogP contribution < -0.4 is 10.2 Å². The predicted octanol–water partition coefficient (Wildman–Crippen LogP) is 3.34. The van der Waals surface area contributed by atoms with Gasteiger partial charge in [0.15, 0.2) is 5.16 Å². The van der Waals surface area contributed by atoms with E-state index >= 15 is 0 Å². The van der Waals surface area contributed by atoms with Gasteiger partial charge in [-0.3, -0.25) is 9.36 Å². The lowest BCUT2D eigenvalue weighted by atomic mass is 10.1. The van der Waals surface area contributed by atoms with Crippen LogP contribution in [0.5, 0.6) is 0 Å². The van der Waals surface area contributed by atoms with Crippen molar-refractivity contribution in [3.63, 3.8) is 0 Å². The Labute approximate surface area is 171 Å². The van der Waals surface area contributed by atoms with Crippen LogP contribution in [0.2, 0.25) is 0 Å². The van der Waals surface area contributed by atoms with Crippen molar-refractivity contribution in [2.24, 2.45) is 0 Å². The summed E-state index contributed by atoms with van der Waals surface area (Å²) in [5, 5.41) is 12.7. The minimum absolute atomic E-state index is 0.0737. The lowest BCUT2D eigenvalue weighted by Gasteiger charge is -2.27. The fourth-order valence-corrected chi connectivity index (χ4v) is 4.90. The summed E-state index contributed by atoms with van der Waals surface area (Å²) >= 11 is 2.60. The van der Waals surface area contributed by atoms with E-state index in [2.05, 4.69) is 33.7 Å². The van der Waals surface area contributed by atoms with Crippen molar-refractivity contribution in [1.29, 1.82) is 0 Å². The highest BCUT2D eigenvalue weighted by atomic mass is 32.2. The largest absolute Gasteiger partial charge is 0.341 e. The summed E-state index contributed by atoms with van der Waals surface area (Å²) in [5.74, 6) is 1.19. The highest BCUT2D eigenvalue weighted by Crippen LogP contribution is 2.41. The second-order valence-corrected chi connectivity index (χ2v) is 8.68. The Morgan fingerprint density at radius 2 is 2.04 bits per heavy atom. The molecular formula is C18H21N7OS2. The van der Waals surface area contributed by atoms with E-state index in [0.29, 0.717) is 17.5 Å². The van der Waals surface area contributed by atoms with Crippen LogP contribution in [-0.4, -0.2) is 48.3 Å². The zero-order chi connectivity index (χ0) is 18.9. The van der Waals surface area contributed by atoms with Crippen molar-refractivity contribution in [3.8, 4) is 0 Å². The fourth-order valence-electron chi connectivity index (χ4n) is 3.55. The number of anilines is 2. The molecule has 2 aromatic heterocycles. The van der Waals surface area contributed by atoms with Gasteiger partial charge < -0.3 is 10.2 Å². The van der Waals surface area contributed by atoms with Crippen LogP contribution in [0.15, 0.2) is 23.4 Å². The van der Waals surface area contributed by atoms with Gasteiger partial charge >= 0.3 is 0 Å². The minimum atomic E-state index is -0.0737. The molecule has 0 atom stereocenters. The standard InChI is InChI=1S/C18H21N7OS2/c26-15(19-13-5-4-6-14-16(13)23-28-22-14)11-27-18-21-20-17(25(18)12-7-8-12)24-9-2-1-3-10-24/h4-6,12H,1-3,7-11H2,(H,19,26). The Kier molecular flexibility index (Phi) is 4.89. The highest BCUT2D eigenvalue weighted by molar-refractivity contribution is 7.99. The van der Waals surface area contributed by atoms with Crippen molar-refractivity contribution >= 4 is 52.1 Å². The molecule has 146 valence electrons. The maximum Gasteiger partial charge on any atom is 0.234 e. The van der Waals surface area contributed by atoms with E-state index in [4.69, 9.17) is 0 Å². The van der Waals surface area contributed by atoms with Crippen molar-refractivity contribution < 1.29 is 4.79 Å². The number of fused-ring (bicyclic) bond motifs is 1. The number of hydrogen-bond donors (Lipinski definition) is 1. The Balaban J connectivity index is 1.28. The smallest absolute Gasteiger partial charge is 0.234 e. The van der Waals surface area contributed by atoms with Crippen LogP contribution >= 0.6 is 23.5 Å². The Morgan fingerprint density at radius 1 is 1.18 bits per heavy atom. The van der Waals surface area contributed by atoms with Crippen molar-refractivity contribution in [3.05, 3.63) is 18.2 Å². The van der Waals surface area contributed by atoms with E-state index < -0.39 is 0 Å². The third kappa shape index (κ3) is 3.58. The quantitative estimate of drug-likeness (QED) is 0.618. The van der Waals surface area contributed by atoms with Crippen molar-refractivity contribution in [2.45, 2.75) is 43.3 Å². The van der Waals surface area contributed by atoms with Crippen LogP contribution in [0.3, 0.4) is 0 Å². The molecule has 5 rings (SSSR count). The van der Waals surface area contributed by atoms with E-state index in [1.165, 1.54) is 31.0 Å². The van der Waals surface area contributed by atoms with Gasteiger partial charge in [0, 0.05) is 19.1 Å². The number of aromatic nitrogens is 5. The molecule has 3 aromatic rings. The molecule has 10 heteroatoms. The second kappa shape index (κ2) is 7.67. The molecular weight excluding hydrogens is 394 g/mol. The molecule has 0 bridgehead atoms. The number of rotatable bonds is 6. The van der Waals surface area contributed by atoms with E-state index in [0.717, 1.165) is 59.8 Å². The molecule has 1 amide bonds. The summed E-state index contributed by atoms with van der Waals surface area (Å²) in [6.45, 7) is 2.09. The Morgan fingerprint density at radius 3 is 2.86 bits per heavy atom. The molecule has 28 heavy (non-hydrogen) atoms. The molecule has 2 aliphatic rings. The van der Waals surface area contributed by atoms with Gasteiger partial charge in [0.05, 0.1) is 23.2 Å². The minimum Gasteiger partial charge on any atom is -0.341 e. The molecule has 1 saturated carbocycles. The number of carbonyl (C=O) groups is 1. The van der Waals surface area contributed by atoms with Gasteiger partial charge in [0.25, 0.3) is 0 Å². The molecule has 8 nitrogen and oxygen atoms in total. The van der Waals surface area contributed by atoms with Gasteiger partial charge in [-0.2, -0.15) is 8.75 Å². The average molecular weight is 416 g/mol. The van der Waals surface area contributed by atoms with Crippen LogP contribution in [0.1, 0.15) is 38.1 Å². The molecule has 3 heterocycles. The van der Waals surface area contributed by atoms with Gasteiger partial charge in [0.1, 0.15) is 11.0 Å². The first-order chi connectivity index (χ1) is 13.8. The Hall–Kier alpha value is -2.20. The van der Waals surface area contributed by atoms with Crippen LogP contribution in [0.25, 0.3) is 11.0 Å². The van der Waals surface area contributed by atoms with Gasteiger partial charge in [-0.15, -0.1) is 10.2 Å². The number of carbonyl (C=O) groups excluding carboxylic acids is 1. The molecule has 1 saturated heterocycles. The third-order valence-electron chi connectivity index (χ3n) is 5.09. The zero-order valence-corrected chi connectivity index (χ0v) is 17.0. The average Bonchev–Trinajstić information content (AvgIpc) is 3.28. The SMILES string of the molecule is O=C(CSc1nnc(N2CCCCC2)n1C1CC1)Nc1cccc2nsnc12. The molecule has 0 unspecified atom stereocenters. The number of benzene rings is 1. The molecule has 0 spiro atoms. The summed E-state index contributed by atoms with van der Waals surface area (Å²) in [6, 6.07) is 6.10. The first-order valence-electron chi connectivity index (χ1n) is 9.63. The highest BCUT2D eigenvalue weighted by Gasteiger charge is 2.32. The monoisotopic (exact) mass is 415 g/mol.